The van der Waals surface area contributed by atoms with Gasteiger partial charge in [-0.3, -0.25) is 4.79 Å². The van der Waals surface area contributed by atoms with Crippen LogP contribution < -0.4 is 9.47 Å². The van der Waals surface area contributed by atoms with E-state index in [1.165, 1.54) is 0 Å². The fourth-order valence-corrected chi connectivity index (χ4v) is 3.82. The zero-order valence-corrected chi connectivity index (χ0v) is 14.1. The Bertz CT molecular complexity index is 746. The van der Waals surface area contributed by atoms with Crippen molar-refractivity contribution >= 4 is 17.7 Å². The van der Waals surface area contributed by atoms with Gasteiger partial charge in [-0.15, -0.1) is 11.8 Å². The number of benzene rings is 1. The first-order chi connectivity index (χ1) is 11.8. The molecule has 1 N–H and O–H groups in total. The van der Waals surface area contributed by atoms with Gasteiger partial charge in [-0.25, -0.2) is 4.98 Å². The molecule has 24 heavy (non-hydrogen) atoms. The largest absolute Gasteiger partial charge is 0.486 e. The lowest BCUT2D eigenvalue weighted by atomic mass is 10.1. The molecular weight excluding hydrogens is 326 g/mol. The molecule has 126 valence electrons. The number of ether oxygens (including phenoxy) is 2. The number of imidazole rings is 1. The monoisotopic (exact) mass is 345 g/mol. The molecule has 0 saturated carbocycles. The molecule has 2 aliphatic heterocycles. The Labute approximate surface area is 144 Å². The van der Waals surface area contributed by atoms with E-state index in [1.807, 2.05) is 23.1 Å². The fraction of sp³-hybridized carbons (Fsp3) is 0.412. The van der Waals surface area contributed by atoms with Crippen molar-refractivity contribution < 1.29 is 14.3 Å². The molecule has 0 unspecified atom stereocenters. The van der Waals surface area contributed by atoms with Crippen LogP contribution in [0.4, 0.5) is 0 Å². The topological polar surface area (TPSA) is 67.5 Å². The van der Waals surface area contributed by atoms with E-state index in [2.05, 4.69) is 9.97 Å². The molecular formula is C17H19N3O3S. The number of carbonyl (C=O) groups is 1. The minimum absolute atomic E-state index is 0.195. The van der Waals surface area contributed by atoms with Gasteiger partial charge in [-0.2, -0.15) is 0 Å². The third-order valence-corrected chi connectivity index (χ3v) is 5.22. The summed E-state index contributed by atoms with van der Waals surface area (Å²) in [4.78, 5) is 22.8. The summed E-state index contributed by atoms with van der Waals surface area (Å²) in [5, 5.41) is 0. The van der Waals surface area contributed by atoms with Crippen molar-refractivity contribution in [3.05, 3.63) is 35.9 Å². The lowest BCUT2D eigenvalue weighted by molar-refractivity contribution is -0.131. The molecule has 3 heterocycles. The lowest BCUT2D eigenvalue weighted by Gasteiger charge is -2.26. The molecule has 0 spiro atoms. The van der Waals surface area contributed by atoms with Gasteiger partial charge in [0.15, 0.2) is 11.5 Å². The van der Waals surface area contributed by atoms with Crippen molar-refractivity contribution in [1.82, 2.24) is 14.9 Å². The lowest BCUT2D eigenvalue weighted by Crippen LogP contribution is -2.36. The summed E-state index contributed by atoms with van der Waals surface area (Å²) in [6, 6.07) is 5.94. The molecule has 6 nitrogen and oxygen atoms in total. The second-order valence-corrected chi connectivity index (χ2v) is 6.97. The molecule has 1 aromatic carbocycles. The molecule has 0 saturated heterocycles. The molecule has 0 radical (unpaired) electrons. The number of carbonyl (C=O) groups excluding carboxylic acids is 1. The van der Waals surface area contributed by atoms with Gasteiger partial charge in [0.2, 0.25) is 5.91 Å². The van der Waals surface area contributed by atoms with Gasteiger partial charge in [-0.1, -0.05) is 0 Å². The average Bonchev–Trinajstić information content (AvgIpc) is 3.09. The van der Waals surface area contributed by atoms with Crippen LogP contribution in [-0.2, 0) is 17.8 Å². The zero-order valence-electron chi connectivity index (χ0n) is 13.3. The Hall–Kier alpha value is -2.15. The fourth-order valence-electron chi connectivity index (χ4n) is 2.95. The van der Waals surface area contributed by atoms with E-state index in [4.69, 9.17) is 9.47 Å². The molecule has 4 rings (SSSR count). The molecule has 2 aromatic rings. The number of aromatic amines is 1. The molecule has 1 amide bonds. The summed E-state index contributed by atoms with van der Waals surface area (Å²) >= 11 is 1.67. The van der Waals surface area contributed by atoms with Crippen LogP contribution in [0.25, 0.3) is 0 Å². The van der Waals surface area contributed by atoms with E-state index in [0.29, 0.717) is 26.2 Å². The molecule has 1 aromatic heterocycles. The first-order valence-corrected chi connectivity index (χ1v) is 9.09. The van der Waals surface area contributed by atoms with E-state index in [-0.39, 0.29) is 5.91 Å². The maximum atomic E-state index is 12.4. The first-order valence-electron chi connectivity index (χ1n) is 8.11. The molecule has 0 atom stereocenters. The summed E-state index contributed by atoms with van der Waals surface area (Å²) in [5.74, 6) is 2.54. The van der Waals surface area contributed by atoms with E-state index < -0.39 is 0 Å². The predicted octanol–water partition coefficient (Wildman–Crippen LogP) is 2.25. The Kier molecular flexibility index (Phi) is 4.34. The number of fused-ring (bicyclic) bond motifs is 2. The van der Waals surface area contributed by atoms with Crippen LogP contribution in [0.2, 0.25) is 0 Å². The quantitative estimate of drug-likeness (QED) is 0.861. The van der Waals surface area contributed by atoms with Gasteiger partial charge < -0.3 is 19.4 Å². The number of nitrogens with one attached hydrogen (secondary N) is 1. The number of hydrogen-bond donors (Lipinski definition) is 1. The Balaban J connectivity index is 1.29. The number of thioether (sulfide) groups is 1. The molecule has 0 bridgehead atoms. The third kappa shape index (κ3) is 3.21. The highest BCUT2D eigenvalue weighted by atomic mass is 32.2. The van der Waals surface area contributed by atoms with E-state index in [0.717, 1.165) is 46.5 Å². The van der Waals surface area contributed by atoms with Gasteiger partial charge in [0, 0.05) is 30.0 Å². The van der Waals surface area contributed by atoms with Gasteiger partial charge in [0.25, 0.3) is 0 Å². The number of amides is 1. The molecule has 0 aliphatic carbocycles. The van der Waals surface area contributed by atoms with Gasteiger partial charge in [0.05, 0.1) is 24.3 Å². The van der Waals surface area contributed by atoms with Crippen molar-refractivity contribution in [2.45, 2.75) is 24.3 Å². The number of nitrogens with zero attached hydrogens (tertiary/aromatic N) is 2. The van der Waals surface area contributed by atoms with Crippen molar-refractivity contribution in [3.8, 4) is 11.5 Å². The maximum absolute atomic E-state index is 12.4. The minimum atomic E-state index is 0.195. The molecule has 0 fully saturated rings. The number of rotatable bonds is 4. The third-order valence-electron chi connectivity index (χ3n) is 4.23. The van der Waals surface area contributed by atoms with Crippen LogP contribution in [-0.4, -0.2) is 46.3 Å². The van der Waals surface area contributed by atoms with E-state index >= 15 is 0 Å². The summed E-state index contributed by atoms with van der Waals surface area (Å²) in [5.41, 5.74) is 2.15. The summed E-state index contributed by atoms with van der Waals surface area (Å²) < 4.78 is 11.1. The number of hydrogen-bond acceptors (Lipinski definition) is 5. The second-order valence-electron chi connectivity index (χ2n) is 5.80. The van der Waals surface area contributed by atoms with Gasteiger partial charge in [0.1, 0.15) is 13.2 Å². The number of H-pyrrole nitrogens is 1. The SMILES string of the molecule is O=C(CCSc1ccc2c(c1)OCCO2)N1CCc2nc[nH]c2C1. The Morgan fingerprint density at radius 2 is 2.17 bits per heavy atom. The average molecular weight is 345 g/mol. The minimum Gasteiger partial charge on any atom is -0.486 e. The zero-order chi connectivity index (χ0) is 16.4. The van der Waals surface area contributed by atoms with Crippen molar-refractivity contribution in [1.29, 1.82) is 0 Å². The van der Waals surface area contributed by atoms with E-state index in [1.54, 1.807) is 18.1 Å². The van der Waals surface area contributed by atoms with Crippen LogP contribution in [0.1, 0.15) is 17.8 Å². The highest BCUT2D eigenvalue weighted by molar-refractivity contribution is 7.99. The van der Waals surface area contributed by atoms with Gasteiger partial charge in [-0.05, 0) is 18.2 Å². The highest BCUT2D eigenvalue weighted by Crippen LogP contribution is 2.34. The number of aromatic nitrogens is 2. The molecule has 7 heteroatoms. The normalized spacial score (nSPS) is 15.9. The Morgan fingerprint density at radius 1 is 1.29 bits per heavy atom. The van der Waals surface area contributed by atoms with Crippen LogP contribution >= 0.6 is 11.8 Å². The summed E-state index contributed by atoms with van der Waals surface area (Å²) in [7, 11) is 0. The summed E-state index contributed by atoms with van der Waals surface area (Å²) in [6.45, 7) is 2.58. The smallest absolute Gasteiger partial charge is 0.223 e. The van der Waals surface area contributed by atoms with Gasteiger partial charge >= 0.3 is 0 Å². The predicted molar refractivity (Wildman–Crippen MR) is 90.5 cm³/mol. The van der Waals surface area contributed by atoms with Crippen LogP contribution in [0, 0.1) is 0 Å². The standard InChI is InChI=1S/C17H19N3O3S/c21-17(20-5-3-13-14(10-20)19-11-18-13)4-8-24-12-1-2-15-16(9-12)23-7-6-22-15/h1-2,9,11H,3-8,10H2,(H,18,19). The van der Waals surface area contributed by atoms with Crippen LogP contribution in [0.15, 0.2) is 29.4 Å². The molecule has 2 aliphatic rings. The van der Waals surface area contributed by atoms with Crippen LogP contribution in [0.5, 0.6) is 11.5 Å². The first kappa shape index (κ1) is 15.4. The van der Waals surface area contributed by atoms with Crippen molar-refractivity contribution in [2.24, 2.45) is 0 Å². The Morgan fingerprint density at radius 3 is 3.08 bits per heavy atom. The second kappa shape index (κ2) is 6.76. The van der Waals surface area contributed by atoms with Crippen molar-refractivity contribution in [3.63, 3.8) is 0 Å². The van der Waals surface area contributed by atoms with Crippen molar-refractivity contribution in [2.75, 3.05) is 25.5 Å². The van der Waals surface area contributed by atoms with E-state index in [9.17, 15) is 4.79 Å². The van der Waals surface area contributed by atoms with Crippen LogP contribution in [0.3, 0.4) is 0 Å². The highest BCUT2D eigenvalue weighted by Gasteiger charge is 2.22. The summed E-state index contributed by atoms with van der Waals surface area (Å²) in [6.07, 6.45) is 3.07. The maximum Gasteiger partial charge on any atom is 0.223 e.